The molecule has 0 radical (unpaired) electrons. The summed E-state index contributed by atoms with van der Waals surface area (Å²) < 4.78 is 0. The first-order chi connectivity index (χ1) is 14.7. The maximum absolute atomic E-state index is 12.2. The predicted octanol–water partition coefficient (Wildman–Crippen LogP) is 3.74. The number of hydrogen-bond donors (Lipinski definition) is 2. The summed E-state index contributed by atoms with van der Waals surface area (Å²) in [5.41, 5.74) is 5.00. The molecular formula is C25H32N4O. The van der Waals surface area contributed by atoms with Crippen molar-refractivity contribution >= 4 is 22.5 Å². The summed E-state index contributed by atoms with van der Waals surface area (Å²) >= 11 is 0. The number of para-hydroxylation sites is 1. The Morgan fingerprint density at radius 1 is 1.07 bits per heavy atom. The quantitative estimate of drug-likeness (QED) is 0.563. The molecule has 0 spiro atoms. The van der Waals surface area contributed by atoms with E-state index in [9.17, 15) is 4.79 Å². The molecule has 1 saturated heterocycles. The SMILES string of the molecule is Cc1cccc(N2CCN(CCCNC(=O)CCc3c[nH]c4ccccc34)CC2)c1. The second-order valence-electron chi connectivity index (χ2n) is 8.23. The number of H-pyrrole nitrogens is 1. The van der Waals surface area contributed by atoms with Crippen LogP contribution in [0.1, 0.15) is 24.0 Å². The number of nitrogens with one attached hydrogen (secondary N) is 2. The van der Waals surface area contributed by atoms with Gasteiger partial charge in [-0.15, -0.1) is 0 Å². The van der Waals surface area contributed by atoms with Crippen molar-refractivity contribution in [1.82, 2.24) is 15.2 Å². The minimum atomic E-state index is 0.143. The number of amides is 1. The topological polar surface area (TPSA) is 51.4 Å². The molecule has 30 heavy (non-hydrogen) atoms. The number of fused-ring (bicyclic) bond motifs is 1. The van der Waals surface area contributed by atoms with Crippen molar-refractivity contribution < 1.29 is 4.79 Å². The standard InChI is InChI=1S/C25H32N4O/c1-20-6-4-7-22(18-20)29-16-14-28(15-17-29)13-5-12-26-25(30)11-10-21-19-27-24-9-3-2-8-23(21)24/h2-4,6-9,18-19,27H,5,10-17H2,1H3,(H,26,30). The lowest BCUT2D eigenvalue weighted by Gasteiger charge is -2.36. The average Bonchev–Trinajstić information content (AvgIpc) is 3.19. The molecule has 0 bridgehead atoms. The van der Waals surface area contributed by atoms with Gasteiger partial charge in [-0.2, -0.15) is 0 Å². The molecule has 1 amide bonds. The molecule has 0 unspecified atom stereocenters. The van der Waals surface area contributed by atoms with E-state index in [1.807, 2.05) is 18.3 Å². The Balaban J connectivity index is 1.12. The third kappa shape index (κ3) is 5.22. The number of hydrogen-bond acceptors (Lipinski definition) is 3. The van der Waals surface area contributed by atoms with Crippen molar-refractivity contribution in [3.05, 3.63) is 65.9 Å². The Bertz CT molecular complexity index is 972. The molecule has 4 rings (SSSR count). The van der Waals surface area contributed by atoms with Crippen LogP contribution in [-0.2, 0) is 11.2 Å². The molecule has 5 heteroatoms. The van der Waals surface area contributed by atoms with Gasteiger partial charge in [0.2, 0.25) is 5.91 Å². The van der Waals surface area contributed by atoms with Crippen LogP contribution in [0.2, 0.25) is 0 Å². The first-order valence-electron chi connectivity index (χ1n) is 11.0. The number of rotatable bonds is 8. The van der Waals surface area contributed by atoms with E-state index >= 15 is 0 Å². The minimum absolute atomic E-state index is 0.143. The number of nitrogens with zero attached hydrogens (tertiary/aromatic N) is 2. The minimum Gasteiger partial charge on any atom is -0.369 e. The summed E-state index contributed by atoms with van der Waals surface area (Å²) in [6, 6.07) is 17.0. The highest BCUT2D eigenvalue weighted by molar-refractivity contribution is 5.84. The highest BCUT2D eigenvalue weighted by atomic mass is 16.1. The Morgan fingerprint density at radius 3 is 2.73 bits per heavy atom. The lowest BCUT2D eigenvalue weighted by molar-refractivity contribution is -0.121. The number of carbonyl (C=O) groups excluding carboxylic acids is 1. The van der Waals surface area contributed by atoms with Gasteiger partial charge in [0.1, 0.15) is 0 Å². The lowest BCUT2D eigenvalue weighted by atomic mass is 10.1. The van der Waals surface area contributed by atoms with Crippen molar-refractivity contribution in [3.8, 4) is 0 Å². The van der Waals surface area contributed by atoms with Gasteiger partial charge in [0.25, 0.3) is 0 Å². The summed E-state index contributed by atoms with van der Waals surface area (Å²) in [5, 5.41) is 4.31. The second-order valence-corrected chi connectivity index (χ2v) is 8.23. The third-order valence-electron chi connectivity index (χ3n) is 6.01. The number of aryl methyl sites for hydroxylation is 2. The molecule has 2 aromatic carbocycles. The van der Waals surface area contributed by atoms with Gasteiger partial charge in [-0.1, -0.05) is 30.3 Å². The Labute approximate surface area is 179 Å². The molecule has 158 valence electrons. The molecule has 3 aromatic rings. The van der Waals surface area contributed by atoms with Crippen LogP contribution in [0.3, 0.4) is 0 Å². The van der Waals surface area contributed by atoms with Gasteiger partial charge >= 0.3 is 0 Å². The molecule has 0 saturated carbocycles. The molecular weight excluding hydrogens is 372 g/mol. The maximum Gasteiger partial charge on any atom is 0.220 e. The fourth-order valence-electron chi connectivity index (χ4n) is 4.26. The van der Waals surface area contributed by atoms with E-state index in [1.54, 1.807) is 0 Å². The highest BCUT2D eigenvalue weighted by Crippen LogP contribution is 2.19. The fourth-order valence-corrected chi connectivity index (χ4v) is 4.26. The molecule has 0 aliphatic carbocycles. The van der Waals surface area contributed by atoms with Gasteiger partial charge in [0.05, 0.1) is 0 Å². The summed E-state index contributed by atoms with van der Waals surface area (Å²) in [4.78, 5) is 20.5. The zero-order valence-electron chi connectivity index (χ0n) is 17.9. The van der Waals surface area contributed by atoms with Gasteiger partial charge in [-0.05, 0) is 55.6 Å². The molecule has 0 atom stereocenters. The monoisotopic (exact) mass is 404 g/mol. The van der Waals surface area contributed by atoms with Crippen LogP contribution in [0.25, 0.3) is 10.9 Å². The number of aromatic amines is 1. The highest BCUT2D eigenvalue weighted by Gasteiger charge is 2.16. The van der Waals surface area contributed by atoms with Gasteiger partial charge in [0.15, 0.2) is 0 Å². The van der Waals surface area contributed by atoms with E-state index in [4.69, 9.17) is 0 Å². The summed E-state index contributed by atoms with van der Waals surface area (Å²) in [6.45, 7) is 8.26. The van der Waals surface area contributed by atoms with E-state index in [1.165, 1.54) is 22.2 Å². The molecule has 1 aromatic heterocycles. The molecule has 5 nitrogen and oxygen atoms in total. The van der Waals surface area contributed by atoms with Crippen LogP contribution in [0, 0.1) is 6.92 Å². The molecule has 2 heterocycles. The smallest absolute Gasteiger partial charge is 0.220 e. The predicted molar refractivity (Wildman–Crippen MR) is 124 cm³/mol. The lowest BCUT2D eigenvalue weighted by Crippen LogP contribution is -2.47. The van der Waals surface area contributed by atoms with Crippen molar-refractivity contribution in [3.63, 3.8) is 0 Å². The average molecular weight is 405 g/mol. The number of anilines is 1. The normalized spacial score (nSPS) is 14.9. The maximum atomic E-state index is 12.2. The van der Waals surface area contributed by atoms with Crippen molar-refractivity contribution in [2.24, 2.45) is 0 Å². The van der Waals surface area contributed by atoms with Crippen LogP contribution in [0.15, 0.2) is 54.7 Å². The fraction of sp³-hybridized carbons (Fsp3) is 0.400. The first-order valence-corrected chi connectivity index (χ1v) is 11.0. The van der Waals surface area contributed by atoms with E-state index in [2.05, 4.69) is 63.4 Å². The van der Waals surface area contributed by atoms with Crippen LogP contribution >= 0.6 is 0 Å². The van der Waals surface area contributed by atoms with E-state index < -0.39 is 0 Å². The zero-order chi connectivity index (χ0) is 20.8. The number of piperazine rings is 1. The first kappa shape index (κ1) is 20.5. The number of aromatic nitrogens is 1. The molecule has 1 fully saturated rings. The van der Waals surface area contributed by atoms with Gasteiger partial charge in [0, 0.05) is 61.9 Å². The number of carbonyl (C=O) groups is 1. The Kier molecular flexibility index (Phi) is 6.70. The zero-order valence-corrected chi connectivity index (χ0v) is 17.9. The second kappa shape index (κ2) is 9.81. The van der Waals surface area contributed by atoms with E-state index in [-0.39, 0.29) is 5.91 Å². The van der Waals surface area contributed by atoms with Gasteiger partial charge in [-0.25, -0.2) is 0 Å². The van der Waals surface area contributed by atoms with Crippen molar-refractivity contribution in [2.75, 3.05) is 44.2 Å². The van der Waals surface area contributed by atoms with Gasteiger partial charge < -0.3 is 15.2 Å². The molecule has 1 aliphatic heterocycles. The molecule has 2 N–H and O–H groups in total. The molecule has 1 aliphatic rings. The van der Waals surface area contributed by atoms with E-state index in [0.29, 0.717) is 6.42 Å². The largest absolute Gasteiger partial charge is 0.369 e. The van der Waals surface area contributed by atoms with Crippen LogP contribution in [0.4, 0.5) is 5.69 Å². The van der Waals surface area contributed by atoms with Gasteiger partial charge in [-0.3, -0.25) is 9.69 Å². The van der Waals surface area contributed by atoms with Crippen LogP contribution in [-0.4, -0.2) is 55.1 Å². The van der Waals surface area contributed by atoms with Crippen LogP contribution in [0.5, 0.6) is 0 Å². The Hall–Kier alpha value is -2.79. The summed E-state index contributed by atoms with van der Waals surface area (Å²) in [5.74, 6) is 0.143. The van der Waals surface area contributed by atoms with E-state index in [0.717, 1.165) is 57.6 Å². The summed E-state index contributed by atoms with van der Waals surface area (Å²) in [7, 11) is 0. The summed E-state index contributed by atoms with van der Waals surface area (Å²) in [6.07, 6.45) is 4.34. The number of benzene rings is 2. The Morgan fingerprint density at radius 2 is 1.90 bits per heavy atom. The van der Waals surface area contributed by atoms with Crippen molar-refractivity contribution in [1.29, 1.82) is 0 Å². The van der Waals surface area contributed by atoms with Crippen molar-refractivity contribution in [2.45, 2.75) is 26.2 Å². The van der Waals surface area contributed by atoms with Crippen LogP contribution < -0.4 is 10.2 Å². The third-order valence-corrected chi connectivity index (χ3v) is 6.01.